The molecule has 0 unspecified atom stereocenters. The van der Waals surface area contributed by atoms with E-state index in [0.717, 1.165) is 24.3 Å². The third-order valence-corrected chi connectivity index (χ3v) is 5.62. The van der Waals surface area contributed by atoms with Crippen molar-refractivity contribution in [1.29, 1.82) is 0 Å². The van der Waals surface area contributed by atoms with Gasteiger partial charge < -0.3 is 20.4 Å². The number of carbonyl (C=O) groups is 2. The molecule has 180 valence electrons. The van der Waals surface area contributed by atoms with Crippen LogP contribution in [0.2, 0.25) is 0 Å². The first-order chi connectivity index (χ1) is 16.1. The molecule has 2 atom stereocenters. The molecule has 1 aliphatic rings. The summed E-state index contributed by atoms with van der Waals surface area (Å²) in [5.41, 5.74) is -0.394. The number of amides is 2. The lowest BCUT2D eigenvalue weighted by Gasteiger charge is -2.30. The van der Waals surface area contributed by atoms with Crippen molar-refractivity contribution in [2.75, 3.05) is 5.32 Å². The number of ether oxygens (including phenoxy) is 1. The first kappa shape index (κ1) is 23.5. The molecule has 0 saturated heterocycles. The van der Waals surface area contributed by atoms with Crippen LogP contribution in [0, 0.1) is 11.6 Å². The molecule has 34 heavy (non-hydrogen) atoms. The van der Waals surface area contributed by atoms with E-state index in [0.29, 0.717) is 25.7 Å². The van der Waals surface area contributed by atoms with E-state index in [2.05, 4.69) is 15.6 Å². The van der Waals surface area contributed by atoms with Crippen molar-refractivity contribution in [3.8, 4) is 5.75 Å². The van der Waals surface area contributed by atoms with E-state index in [1.54, 1.807) is 0 Å². The topological polar surface area (TPSA) is 83.2 Å². The fraction of sp³-hybridized carbons (Fsp3) is 0.304. The van der Waals surface area contributed by atoms with Gasteiger partial charge in [-0.25, -0.2) is 8.78 Å². The SMILES string of the molecule is O=C(Nc1c[nH]c2cc(F)c(F)cc12)C(=O)N[C@@H]1CCC[C@H](Oc2ccc(C(F)(F)F)cc2)C1. The zero-order valence-corrected chi connectivity index (χ0v) is 17.6. The van der Waals surface area contributed by atoms with Gasteiger partial charge in [-0.2, -0.15) is 13.2 Å². The van der Waals surface area contributed by atoms with Crippen molar-refractivity contribution < 1.29 is 36.3 Å². The molecule has 0 spiro atoms. The van der Waals surface area contributed by atoms with Crippen molar-refractivity contribution in [3.05, 3.63) is 59.8 Å². The van der Waals surface area contributed by atoms with Crippen LogP contribution in [-0.2, 0) is 15.8 Å². The van der Waals surface area contributed by atoms with Crippen molar-refractivity contribution in [2.45, 2.75) is 44.0 Å². The van der Waals surface area contributed by atoms with E-state index in [-0.39, 0.29) is 34.5 Å². The third-order valence-electron chi connectivity index (χ3n) is 5.62. The number of carbonyl (C=O) groups excluding carboxylic acids is 2. The fourth-order valence-electron chi connectivity index (χ4n) is 3.95. The number of H-pyrrole nitrogens is 1. The third kappa shape index (κ3) is 5.29. The van der Waals surface area contributed by atoms with E-state index >= 15 is 0 Å². The second kappa shape index (κ2) is 9.32. The number of aromatic nitrogens is 1. The van der Waals surface area contributed by atoms with Gasteiger partial charge in [0.2, 0.25) is 0 Å². The maximum absolute atomic E-state index is 13.5. The Labute approximate surface area is 190 Å². The van der Waals surface area contributed by atoms with E-state index in [1.165, 1.54) is 18.3 Å². The molecule has 2 aromatic carbocycles. The van der Waals surface area contributed by atoms with Crippen LogP contribution in [0.25, 0.3) is 10.9 Å². The molecule has 2 amide bonds. The van der Waals surface area contributed by atoms with Gasteiger partial charge in [0.25, 0.3) is 0 Å². The lowest BCUT2D eigenvalue weighted by atomic mass is 9.92. The largest absolute Gasteiger partial charge is 0.490 e. The van der Waals surface area contributed by atoms with Gasteiger partial charge in [-0.15, -0.1) is 0 Å². The number of hydrogen-bond acceptors (Lipinski definition) is 3. The second-order valence-electron chi connectivity index (χ2n) is 8.07. The molecular formula is C23H20F5N3O3. The Morgan fingerprint density at radius 2 is 1.71 bits per heavy atom. The molecule has 6 nitrogen and oxygen atoms in total. The predicted molar refractivity (Wildman–Crippen MR) is 113 cm³/mol. The number of rotatable bonds is 4. The molecule has 1 heterocycles. The molecule has 0 radical (unpaired) electrons. The lowest BCUT2D eigenvalue weighted by molar-refractivity contribution is -0.137. The highest BCUT2D eigenvalue weighted by Gasteiger charge is 2.31. The molecule has 3 N–H and O–H groups in total. The van der Waals surface area contributed by atoms with Crippen molar-refractivity contribution >= 4 is 28.4 Å². The zero-order chi connectivity index (χ0) is 24.5. The maximum Gasteiger partial charge on any atom is 0.416 e. The second-order valence-corrected chi connectivity index (χ2v) is 8.07. The van der Waals surface area contributed by atoms with Gasteiger partial charge in [0, 0.05) is 30.1 Å². The van der Waals surface area contributed by atoms with Gasteiger partial charge in [-0.05, 0) is 49.6 Å². The number of alkyl halides is 3. The number of nitrogens with one attached hydrogen (secondary N) is 3. The number of aromatic amines is 1. The van der Waals surface area contributed by atoms with Gasteiger partial charge in [0.05, 0.1) is 16.8 Å². The molecule has 1 fully saturated rings. The molecular weight excluding hydrogens is 461 g/mol. The van der Waals surface area contributed by atoms with Gasteiger partial charge >= 0.3 is 18.0 Å². The highest BCUT2D eigenvalue weighted by atomic mass is 19.4. The van der Waals surface area contributed by atoms with Gasteiger partial charge in [0.1, 0.15) is 11.9 Å². The normalized spacial score (nSPS) is 18.5. The quantitative estimate of drug-likeness (QED) is 0.366. The molecule has 1 saturated carbocycles. The van der Waals surface area contributed by atoms with Crippen LogP contribution in [0.3, 0.4) is 0 Å². The van der Waals surface area contributed by atoms with E-state index in [1.807, 2.05) is 0 Å². The fourth-order valence-corrected chi connectivity index (χ4v) is 3.95. The van der Waals surface area contributed by atoms with Crippen molar-refractivity contribution in [1.82, 2.24) is 10.3 Å². The van der Waals surface area contributed by atoms with Crippen LogP contribution in [0.5, 0.6) is 5.75 Å². The summed E-state index contributed by atoms with van der Waals surface area (Å²) in [7, 11) is 0. The first-order valence-corrected chi connectivity index (χ1v) is 10.5. The number of benzene rings is 2. The molecule has 4 rings (SSSR count). The van der Waals surface area contributed by atoms with Gasteiger partial charge in [-0.1, -0.05) is 0 Å². The summed E-state index contributed by atoms with van der Waals surface area (Å²) in [6.45, 7) is 0. The van der Waals surface area contributed by atoms with E-state index < -0.39 is 35.2 Å². The number of halogens is 5. The van der Waals surface area contributed by atoms with Crippen LogP contribution in [0.4, 0.5) is 27.6 Å². The van der Waals surface area contributed by atoms with Crippen LogP contribution >= 0.6 is 0 Å². The van der Waals surface area contributed by atoms with E-state index in [9.17, 15) is 31.5 Å². The van der Waals surface area contributed by atoms with Crippen molar-refractivity contribution in [2.24, 2.45) is 0 Å². The summed E-state index contributed by atoms with van der Waals surface area (Å²) in [4.78, 5) is 27.4. The Hall–Kier alpha value is -3.63. The number of fused-ring (bicyclic) bond motifs is 1. The first-order valence-electron chi connectivity index (χ1n) is 10.5. The summed E-state index contributed by atoms with van der Waals surface area (Å²) >= 11 is 0. The molecule has 3 aromatic rings. The number of anilines is 1. The summed E-state index contributed by atoms with van der Waals surface area (Å²) in [5, 5.41) is 5.21. The standard InChI is InChI=1S/C23H20F5N3O3/c24-17-9-16-19(10-18(17)25)29-11-20(16)31-22(33)21(32)30-13-2-1-3-15(8-13)34-14-6-4-12(5-7-14)23(26,27)28/h4-7,9-11,13,15,29H,1-3,8H2,(H,30,32)(H,31,33)/t13-,15+/m1/s1. The zero-order valence-electron chi connectivity index (χ0n) is 17.6. The minimum Gasteiger partial charge on any atom is -0.490 e. The molecule has 0 bridgehead atoms. The monoisotopic (exact) mass is 481 g/mol. The smallest absolute Gasteiger partial charge is 0.416 e. The lowest BCUT2D eigenvalue weighted by Crippen LogP contribution is -2.45. The Morgan fingerprint density at radius 1 is 1.00 bits per heavy atom. The predicted octanol–water partition coefficient (Wildman–Crippen LogP) is 4.91. The molecule has 0 aliphatic heterocycles. The number of hydrogen-bond donors (Lipinski definition) is 3. The Kier molecular flexibility index (Phi) is 6.45. The average molecular weight is 481 g/mol. The molecule has 1 aliphatic carbocycles. The van der Waals surface area contributed by atoms with E-state index in [4.69, 9.17) is 4.74 Å². The van der Waals surface area contributed by atoms with Gasteiger partial charge in [-0.3, -0.25) is 9.59 Å². The van der Waals surface area contributed by atoms with Gasteiger partial charge in [0.15, 0.2) is 11.6 Å². The summed E-state index contributed by atoms with van der Waals surface area (Å²) in [5.74, 6) is -3.73. The minimum atomic E-state index is -4.43. The van der Waals surface area contributed by atoms with Crippen LogP contribution < -0.4 is 15.4 Å². The summed E-state index contributed by atoms with van der Waals surface area (Å²) < 4.78 is 70.7. The van der Waals surface area contributed by atoms with Crippen LogP contribution in [0.1, 0.15) is 31.2 Å². The van der Waals surface area contributed by atoms with Crippen LogP contribution in [0.15, 0.2) is 42.6 Å². The molecule has 1 aromatic heterocycles. The summed E-state index contributed by atoms with van der Waals surface area (Å²) in [6, 6.07) is 5.85. The highest BCUT2D eigenvalue weighted by Crippen LogP contribution is 2.31. The van der Waals surface area contributed by atoms with Crippen LogP contribution in [-0.4, -0.2) is 28.9 Å². The Balaban J connectivity index is 1.33. The van der Waals surface area contributed by atoms with Crippen molar-refractivity contribution in [3.63, 3.8) is 0 Å². The molecule has 11 heteroatoms. The summed E-state index contributed by atoms with van der Waals surface area (Å²) in [6.07, 6.45) is -1.14. The Bertz CT molecular complexity index is 1210. The maximum atomic E-state index is 13.5. The highest BCUT2D eigenvalue weighted by molar-refractivity contribution is 6.40. The average Bonchev–Trinajstić information content (AvgIpc) is 3.15. The minimum absolute atomic E-state index is 0.126. The Morgan fingerprint density at radius 3 is 2.41 bits per heavy atom.